The van der Waals surface area contributed by atoms with Gasteiger partial charge in [-0.2, -0.15) is 0 Å². The molecule has 2 heterocycles. The molecular weight excluding hydrogens is 258 g/mol. The number of hydrogen-bond acceptors (Lipinski definition) is 3. The van der Waals surface area contributed by atoms with Crippen molar-refractivity contribution in [2.75, 3.05) is 13.7 Å². The molecule has 1 N–H and O–H groups in total. The molecule has 1 amide bonds. The molecule has 5 heteroatoms. The van der Waals surface area contributed by atoms with Gasteiger partial charge in [-0.05, 0) is 29.7 Å². The highest BCUT2D eigenvalue weighted by molar-refractivity contribution is 5.81. The predicted octanol–water partition coefficient (Wildman–Crippen LogP) is 1.62. The summed E-state index contributed by atoms with van der Waals surface area (Å²) in [7, 11) is 1.69. The molecule has 2 unspecified atom stereocenters. The van der Waals surface area contributed by atoms with E-state index in [1.54, 1.807) is 11.9 Å². The van der Waals surface area contributed by atoms with Crippen molar-refractivity contribution in [3.05, 3.63) is 29.3 Å². The molecule has 2 aliphatic heterocycles. The maximum Gasteiger partial charge on any atom is 0.308 e. The van der Waals surface area contributed by atoms with Crippen LogP contribution in [-0.4, -0.2) is 35.5 Å². The number of carbonyl (C=O) groups excluding carboxylic acids is 1. The first-order valence-corrected chi connectivity index (χ1v) is 6.82. The van der Waals surface area contributed by atoms with E-state index in [-0.39, 0.29) is 11.9 Å². The molecule has 1 aromatic rings. The first-order chi connectivity index (χ1) is 9.58. The highest BCUT2D eigenvalue weighted by Gasteiger charge is 2.39. The number of hydrogen-bond donors (Lipinski definition) is 1. The Morgan fingerprint density at radius 3 is 2.95 bits per heavy atom. The first-order valence-electron chi connectivity index (χ1n) is 6.82. The maximum atomic E-state index is 11.9. The monoisotopic (exact) mass is 275 g/mol. The van der Waals surface area contributed by atoms with Crippen molar-refractivity contribution in [2.45, 2.75) is 25.3 Å². The second-order valence-corrected chi connectivity index (χ2v) is 5.40. The van der Waals surface area contributed by atoms with E-state index < -0.39 is 11.9 Å². The van der Waals surface area contributed by atoms with Gasteiger partial charge in [0, 0.05) is 19.9 Å². The SMILES string of the molecule is CN1C(=O)CCC(C(=O)O)C1c1ccc2c(c1)CCO2. The molecule has 1 saturated heterocycles. The molecule has 5 nitrogen and oxygen atoms in total. The largest absolute Gasteiger partial charge is 0.493 e. The summed E-state index contributed by atoms with van der Waals surface area (Å²) in [5.41, 5.74) is 1.98. The van der Waals surface area contributed by atoms with Crippen molar-refractivity contribution in [3.8, 4) is 5.75 Å². The summed E-state index contributed by atoms with van der Waals surface area (Å²) in [4.78, 5) is 24.9. The third-order valence-electron chi connectivity index (χ3n) is 4.23. The van der Waals surface area contributed by atoms with Gasteiger partial charge in [0.15, 0.2) is 0 Å². The lowest BCUT2D eigenvalue weighted by atomic mass is 9.84. The fourth-order valence-electron chi connectivity index (χ4n) is 3.14. The van der Waals surface area contributed by atoms with Crippen LogP contribution in [-0.2, 0) is 16.0 Å². The van der Waals surface area contributed by atoms with Crippen LogP contribution in [0.5, 0.6) is 5.75 Å². The van der Waals surface area contributed by atoms with Gasteiger partial charge in [0.2, 0.25) is 5.91 Å². The molecule has 0 aliphatic carbocycles. The Kier molecular flexibility index (Phi) is 3.12. The lowest BCUT2D eigenvalue weighted by Gasteiger charge is -2.37. The molecule has 2 aliphatic rings. The summed E-state index contributed by atoms with van der Waals surface area (Å²) in [6, 6.07) is 5.35. The molecule has 0 radical (unpaired) electrons. The highest BCUT2D eigenvalue weighted by Crippen LogP contribution is 2.38. The smallest absolute Gasteiger partial charge is 0.308 e. The van der Waals surface area contributed by atoms with Crippen LogP contribution in [0, 0.1) is 5.92 Å². The summed E-state index contributed by atoms with van der Waals surface area (Å²) < 4.78 is 5.47. The van der Waals surface area contributed by atoms with Gasteiger partial charge in [0.1, 0.15) is 5.75 Å². The Morgan fingerprint density at radius 2 is 2.20 bits per heavy atom. The third kappa shape index (κ3) is 2.03. The van der Waals surface area contributed by atoms with Gasteiger partial charge in [-0.25, -0.2) is 0 Å². The number of piperidine rings is 1. The summed E-state index contributed by atoms with van der Waals surface area (Å²) >= 11 is 0. The Bertz CT molecular complexity index is 569. The Balaban J connectivity index is 1.99. The van der Waals surface area contributed by atoms with Crippen LogP contribution in [0.2, 0.25) is 0 Å². The van der Waals surface area contributed by atoms with Crippen molar-refractivity contribution in [1.82, 2.24) is 4.90 Å². The van der Waals surface area contributed by atoms with E-state index in [1.165, 1.54) is 0 Å². The summed E-state index contributed by atoms with van der Waals surface area (Å²) in [5.74, 6) is -0.515. The second-order valence-electron chi connectivity index (χ2n) is 5.40. The normalized spacial score (nSPS) is 25.2. The lowest BCUT2D eigenvalue weighted by Crippen LogP contribution is -2.43. The van der Waals surface area contributed by atoms with E-state index >= 15 is 0 Å². The molecule has 3 rings (SSSR count). The minimum Gasteiger partial charge on any atom is -0.493 e. The van der Waals surface area contributed by atoms with Crippen LogP contribution in [0.4, 0.5) is 0 Å². The first kappa shape index (κ1) is 13.0. The predicted molar refractivity (Wildman–Crippen MR) is 71.5 cm³/mol. The number of amides is 1. The molecule has 2 atom stereocenters. The van der Waals surface area contributed by atoms with Crippen molar-refractivity contribution < 1.29 is 19.4 Å². The topological polar surface area (TPSA) is 66.8 Å². The van der Waals surface area contributed by atoms with E-state index in [0.717, 1.165) is 23.3 Å². The molecule has 0 saturated carbocycles. The molecule has 1 fully saturated rings. The van der Waals surface area contributed by atoms with Crippen LogP contribution >= 0.6 is 0 Å². The number of ether oxygens (including phenoxy) is 1. The van der Waals surface area contributed by atoms with Crippen molar-refractivity contribution in [2.24, 2.45) is 5.92 Å². The minimum atomic E-state index is -0.842. The highest BCUT2D eigenvalue weighted by atomic mass is 16.5. The minimum absolute atomic E-state index is 0.00393. The maximum absolute atomic E-state index is 11.9. The van der Waals surface area contributed by atoms with Gasteiger partial charge in [0.25, 0.3) is 0 Å². The third-order valence-corrected chi connectivity index (χ3v) is 4.23. The average molecular weight is 275 g/mol. The molecule has 1 aromatic carbocycles. The van der Waals surface area contributed by atoms with Crippen LogP contribution in [0.15, 0.2) is 18.2 Å². The zero-order valence-electron chi connectivity index (χ0n) is 11.3. The van der Waals surface area contributed by atoms with E-state index in [4.69, 9.17) is 4.74 Å². The Labute approximate surface area is 117 Å². The standard InChI is InChI=1S/C15H17NO4/c1-16-13(17)5-3-11(15(18)19)14(16)10-2-4-12-9(8-10)6-7-20-12/h2,4,8,11,14H,3,5-7H2,1H3,(H,18,19). The van der Waals surface area contributed by atoms with Gasteiger partial charge in [-0.15, -0.1) is 0 Å². The number of carbonyl (C=O) groups is 2. The van der Waals surface area contributed by atoms with Gasteiger partial charge in [0.05, 0.1) is 18.6 Å². The van der Waals surface area contributed by atoms with E-state index in [9.17, 15) is 14.7 Å². The van der Waals surface area contributed by atoms with Crippen molar-refractivity contribution >= 4 is 11.9 Å². The fraction of sp³-hybridized carbons (Fsp3) is 0.467. The summed E-state index contributed by atoms with van der Waals surface area (Å²) in [6.07, 6.45) is 1.54. The van der Waals surface area contributed by atoms with E-state index in [2.05, 4.69) is 0 Å². The van der Waals surface area contributed by atoms with E-state index in [1.807, 2.05) is 18.2 Å². The number of nitrogens with zero attached hydrogens (tertiary/aromatic N) is 1. The zero-order chi connectivity index (χ0) is 14.3. The number of carboxylic acids is 1. The molecule has 0 spiro atoms. The number of likely N-dealkylation sites (tertiary alicyclic amines) is 1. The molecule has 0 aromatic heterocycles. The van der Waals surface area contributed by atoms with Crippen LogP contribution in [0.3, 0.4) is 0 Å². The van der Waals surface area contributed by atoms with E-state index in [0.29, 0.717) is 19.4 Å². The van der Waals surface area contributed by atoms with Gasteiger partial charge in [-0.3, -0.25) is 9.59 Å². The van der Waals surface area contributed by atoms with Crippen molar-refractivity contribution in [3.63, 3.8) is 0 Å². The Morgan fingerprint density at radius 1 is 1.40 bits per heavy atom. The number of carboxylic acid groups (broad SMARTS) is 1. The number of benzene rings is 1. The molecule has 106 valence electrons. The zero-order valence-corrected chi connectivity index (χ0v) is 11.3. The van der Waals surface area contributed by atoms with Gasteiger partial charge in [-0.1, -0.05) is 6.07 Å². The van der Waals surface area contributed by atoms with Gasteiger partial charge >= 0.3 is 5.97 Å². The molecular formula is C15H17NO4. The van der Waals surface area contributed by atoms with Gasteiger partial charge < -0.3 is 14.7 Å². The second kappa shape index (κ2) is 4.81. The Hall–Kier alpha value is -2.04. The van der Waals surface area contributed by atoms with Crippen LogP contribution in [0.1, 0.15) is 30.0 Å². The number of rotatable bonds is 2. The average Bonchev–Trinajstić information content (AvgIpc) is 2.88. The van der Waals surface area contributed by atoms with Crippen LogP contribution in [0.25, 0.3) is 0 Å². The lowest BCUT2D eigenvalue weighted by molar-refractivity contribution is -0.150. The summed E-state index contributed by atoms with van der Waals surface area (Å²) in [5, 5.41) is 9.40. The van der Waals surface area contributed by atoms with Crippen molar-refractivity contribution in [1.29, 1.82) is 0 Å². The molecule has 20 heavy (non-hydrogen) atoms. The van der Waals surface area contributed by atoms with Crippen LogP contribution < -0.4 is 4.74 Å². The number of fused-ring (bicyclic) bond motifs is 1. The molecule has 0 bridgehead atoms. The summed E-state index contributed by atoms with van der Waals surface area (Å²) in [6.45, 7) is 0.667. The quantitative estimate of drug-likeness (QED) is 0.890. The fourth-order valence-corrected chi connectivity index (χ4v) is 3.14. The number of aliphatic carboxylic acids is 1.